The molecule has 5 aliphatic heterocycles. The first-order valence-corrected chi connectivity index (χ1v) is 10.5. The Bertz CT molecular complexity index is 578. The van der Waals surface area contributed by atoms with Gasteiger partial charge in [0, 0.05) is 19.3 Å². The zero-order valence-electron chi connectivity index (χ0n) is 16.3. The lowest BCUT2D eigenvalue weighted by Gasteiger charge is -2.51. The second-order valence-electron chi connectivity index (χ2n) is 8.74. The van der Waals surface area contributed by atoms with Gasteiger partial charge in [0.1, 0.15) is 6.17 Å². The van der Waals surface area contributed by atoms with Gasteiger partial charge in [0.15, 0.2) is 0 Å². The summed E-state index contributed by atoms with van der Waals surface area (Å²) in [6.07, 6.45) is 4.50. The van der Waals surface area contributed by atoms with Crippen molar-refractivity contribution >= 4 is 6.03 Å². The van der Waals surface area contributed by atoms with Gasteiger partial charge in [0.05, 0.1) is 36.6 Å². The summed E-state index contributed by atoms with van der Waals surface area (Å²) in [6, 6.07) is 0.784. The number of carbonyl (C=O) groups is 1. The Labute approximate surface area is 160 Å². The number of urea groups is 1. The minimum absolute atomic E-state index is 0.0213. The van der Waals surface area contributed by atoms with E-state index in [0.717, 1.165) is 45.4 Å². The number of hydrogen-bond acceptors (Lipinski definition) is 7. The third-order valence-corrected chi connectivity index (χ3v) is 7.04. The van der Waals surface area contributed by atoms with E-state index in [4.69, 9.17) is 4.74 Å². The molecule has 5 rings (SSSR count). The van der Waals surface area contributed by atoms with Crippen molar-refractivity contribution in [1.29, 1.82) is 0 Å². The van der Waals surface area contributed by atoms with Crippen molar-refractivity contribution < 1.29 is 9.53 Å². The fourth-order valence-electron chi connectivity index (χ4n) is 5.64. The highest BCUT2D eigenvalue weighted by molar-refractivity contribution is 5.78. The fourth-order valence-corrected chi connectivity index (χ4v) is 5.64. The molecule has 27 heavy (non-hydrogen) atoms. The molecule has 2 amide bonds. The summed E-state index contributed by atoms with van der Waals surface area (Å²) in [5.41, 5.74) is 0. The van der Waals surface area contributed by atoms with E-state index in [1.807, 2.05) is 4.90 Å². The van der Waals surface area contributed by atoms with Gasteiger partial charge in [0.25, 0.3) is 0 Å². The molecule has 7 unspecified atom stereocenters. The molecule has 152 valence electrons. The van der Waals surface area contributed by atoms with Crippen LogP contribution in [0.25, 0.3) is 0 Å². The van der Waals surface area contributed by atoms with Gasteiger partial charge in [-0.1, -0.05) is 0 Å². The van der Waals surface area contributed by atoms with Gasteiger partial charge >= 0.3 is 6.03 Å². The maximum absolute atomic E-state index is 12.9. The SMILES string of the molecule is C[C@H]1CCN(C)C2NCNC3CCC(NC32)N2C(=O)NC3NCCC(O1)C32. The normalized spacial score (nSPS) is 48.2. The summed E-state index contributed by atoms with van der Waals surface area (Å²) in [6.45, 7) is 4.87. The zero-order chi connectivity index (χ0) is 18.5. The maximum Gasteiger partial charge on any atom is 0.320 e. The van der Waals surface area contributed by atoms with Crippen molar-refractivity contribution in [3.8, 4) is 0 Å². The zero-order valence-corrected chi connectivity index (χ0v) is 16.3. The maximum atomic E-state index is 12.9. The number of ether oxygens (including phenoxy) is 1. The Morgan fingerprint density at radius 3 is 2.89 bits per heavy atom. The summed E-state index contributed by atoms with van der Waals surface area (Å²) < 4.78 is 6.49. The van der Waals surface area contributed by atoms with E-state index in [2.05, 4.69) is 45.5 Å². The smallest absolute Gasteiger partial charge is 0.320 e. The first kappa shape index (κ1) is 18.1. The molecular weight excluding hydrogens is 346 g/mol. The van der Waals surface area contributed by atoms with Crippen molar-refractivity contribution in [3.05, 3.63) is 0 Å². The number of amides is 2. The van der Waals surface area contributed by atoms with Crippen LogP contribution < -0.4 is 26.6 Å². The van der Waals surface area contributed by atoms with Crippen LogP contribution >= 0.6 is 0 Å². The van der Waals surface area contributed by atoms with Gasteiger partial charge in [0.2, 0.25) is 0 Å². The third-order valence-electron chi connectivity index (χ3n) is 7.04. The van der Waals surface area contributed by atoms with Crippen LogP contribution in [0.15, 0.2) is 0 Å². The Balaban J connectivity index is 1.48. The Morgan fingerprint density at radius 2 is 2.00 bits per heavy atom. The molecule has 9 heteroatoms. The largest absolute Gasteiger partial charge is 0.373 e. The topological polar surface area (TPSA) is 92.9 Å². The van der Waals surface area contributed by atoms with Crippen LogP contribution in [-0.2, 0) is 4.74 Å². The number of fused-ring (bicyclic) bond motifs is 2. The second kappa shape index (κ2) is 7.13. The van der Waals surface area contributed by atoms with E-state index in [1.54, 1.807) is 0 Å². The summed E-state index contributed by atoms with van der Waals surface area (Å²) >= 11 is 0. The molecule has 0 aromatic rings. The van der Waals surface area contributed by atoms with E-state index in [-0.39, 0.29) is 48.8 Å². The Morgan fingerprint density at radius 1 is 1.11 bits per heavy atom. The van der Waals surface area contributed by atoms with E-state index in [1.165, 1.54) is 0 Å². The monoisotopic (exact) mass is 379 g/mol. The summed E-state index contributed by atoms with van der Waals surface area (Å²) in [7, 11) is 2.19. The van der Waals surface area contributed by atoms with Crippen molar-refractivity contribution in [1.82, 2.24) is 36.4 Å². The van der Waals surface area contributed by atoms with Crippen LogP contribution in [0.4, 0.5) is 4.79 Å². The molecule has 0 aliphatic carbocycles. The van der Waals surface area contributed by atoms with E-state index < -0.39 is 0 Å². The van der Waals surface area contributed by atoms with Gasteiger partial charge in [-0.3, -0.25) is 26.2 Å². The lowest BCUT2D eigenvalue weighted by Crippen LogP contribution is -2.75. The molecule has 5 aliphatic rings. The number of hydrogen-bond donors (Lipinski definition) is 5. The number of rotatable bonds is 0. The molecular formula is C18H33N7O2. The van der Waals surface area contributed by atoms with E-state index in [0.29, 0.717) is 6.04 Å². The highest BCUT2D eigenvalue weighted by Crippen LogP contribution is 2.31. The first-order valence-electron chi connectivity index (χ1n) is 10.5. The van der Waals surface area contributed by atoms with Crippen LogP contribution in [0.2, 0.25) is 0 Å². The van der Waals surface area contributed by atoms with Crippen molar-refractivity contribution in [2.75, 3.05) is 26.8 Å². The molecule has 0 saturated carbocycles. The quantitative estimate of drug-likeness (QED) is 0.358. The Kier molecular flexibility index (Phi) is 4.77. The van der Waals surface area contributed by atoms with Crippen molar-refractivity contribution in [2.45, 2.75) is 81.4 Å². The van der Waals surface area contributed by atoms with Crippen LogP contribution in [0.1, 0.15) is 32.6 Å². The molecule has 5 fully saturated rings. The van der Waals surface area contributed by atoms with Crippen LogP contribution in [0.5, 0.6) is 0 Å². The predicted molar refractivity (Wildman–Crippen MR) is 101 cm³/mol. The number of likely N-dealkylation sites (N-methyl/N-ethyl adjacent to an activating group) is 1. The minimum Gasteiger partial charge on any atom is -0.373 e. The molecule has 0 aromatic heterocycles. The van der Waals surface area contributed by atoms with Crippen LogP contribution in [-0.4, -0.2) is 91.5 Å². The highest BCUT2D eigenvalue weighted by atomic mass is 16.5. The van der Waals surface area contributed by atoms with Gasteiger partial charge in [-0.2, -0.15) is 0 Å². The van der Waals surface area contributed by atoms with E-state index in [9.17, 15) is 4.79 Å². The molecule has 5 heterocycles. The van der Waals surface area contributed by atoms with Crippen LogP contribution in [0, 0.1) is 0 Å². The summed E-state index contributed by atoms with van der Waals surface area (Å²) in [5.74, 6) is 0. The number of carbonyl (C=O) groups excluding carboxylic acids is 1. The van der Waals surface area contributed by atoms with Gasteiger partial charge in [-0.25, -0.2) is 4.79 Å². The first-order chi connectivity index (χ1) is 13.1. The van der Waals surface area contributed by atoms with Gasteiger partial charge in [-0.15, -0.1) is 0 Å². The minimum atomic E-state index is -0.0213. The summed E-state index contributed by atoms with van der Waals surface area (Å²) in [4.78, 5) is 17.3. The van der Waals surface area contributed by atoms with Gasteiger partial charge < -0.3 is 15.0 Å². The molecule has 2 bridgehead atoms. The van der Waals surface area contributed by atoms with E-state index >= 15 is 0 Å². The molecule has 0 radical (unpaired) electrons. The molecule has 9 nitrogen and oxygen atoms in total. The lowest BCUT2D eigenvalue weighted by atomic mass is 9.90. The standard InChI is InChI=1S/C18H33N7O2/c1-10-6-8-24(2)17-14-11(20-9-21-17)3-4-13(22-14)25-15-12(27-10)5-7-19-16(15)23-18(25)26/h10-17,19-22H,3-9H2,1-2H3,(H,23,26)/t10-,11?,12?,13?,14?,15?,16?,17?/m0/s1. The molecule has 0 aromatic carbocycles. The van der Waals surface area contributed by atoms with Crippen LogP contribution in [0.3, 0.4) is 0 Å². The second-order valence-corrected chi connectivity index (χ2v) is 8.74. The lowest BCUT2D eigenvalue weighted by molar-refractivity contribution is -0.0827. The average molecular weight is 380 g/mol. The van der Waals surface area contributed by atoms with Gasteiger partial charge in [-0.05, 0) is 46.2 Å². The highest BCUT2D eigenvalue weighted by Gasteiger charge is 2.52. The molecule has 0 spiro atoms. The Hall–Kier alpha value is -0.970. The molecule has 5 saturated heterocycles. The molecule has 5 N–H and O–H groups in total. The fraction of sp³-hybridized carbons (Fsp3) is 0.944. The molecule has 8 atom stereocenters. The average Bonchev–Trinajstić information content (AvgIpc) is 3.01. The predicted octanol–water partition coefficient (Wildman–Crippen LogP) is -1.27. The van der Waals surface area contributed by atoms with Crippen molar-refractivity contribution in [3.63, 3.8) is 0 Å². The number of piperidine rings is 2. The number of nitrogens with one attached hydrogen (secondary N) is 5. The van der Waals surface area contributed by atoms with Crippen molar-refractivity contribution in [2.24, 2.45) is 0 Å². The number of nitrogens with zero attached hydrogens (tertiary/aromatic N) is 2. The summed E-state index contributed by atoms with van der Waals surface area (Å²) in [5, 5.41) is 17.7. The third kappa shape index (κ3) is 3.14.